The fraction of sp³-hybridized carbons (Fsp3) is 0.105. The number of nitriles is 1. The summed E-state index contributed by atoms with van der Waals surface area (Å²) in [5.74, 6) is 1.41. The van der Waals surface area contributed by atoms with Gasteiger partial charge in [-0.25, -0.2) is 4.98 Å². The summed E-state index contributed by atoms with van der Waals surface area (Å²) in [6.07, 6.45) is 1.62. The first kappa shape index (κ1) is 16.3. The molecule has 2 aromatic carbocycles. The number of hydrogen-bond donors (Lipinski definition) is 1. The highest BCUT2D eigenvalue weighted by Gasteiger charge is 2.10. The van der Waals surface area contributed by atoms with E-state index in [2.05, 4.69) is 16.0 Å². The van der Waals surface area contributed by atoms with Crippen molar-refractivity contribution in [3.05, 3.63) is 64.2 Å². The second-order valence-electron chi connectivity index (χ2n) is 5.21. The van der Waals surface area contributed by atoms with E-state index in [9.17, 15) is 10.1 Å². The molecule has 0 saturated carbocycles. The van der Waals surface area contributed by atoms with Crippen LogP contribution in [0.15, 0.2) is 47.3 Å². The maximum atomic E-state index is 12.2. The third kappa shape index (κ3) is 3.21. The lowest BCUT2D eigenvalue weighted by Gasteiger charge is -2.08. The Morgan fingerprint density at radius 2 is 2.00 bits per heavy atom. The van der Waals surface area contributed by atoms with E-state index in [0.717, 1.165) is 0 Å². The van der Waals surface area contributed by atoms with Gasteiger partial charge in [-0.15, -0.1) is 0 Å². The molecule has 0 saturated heterocycles. The average molecular weight is 333 g/mol. The Morgan fingerprint density at radius 3 is 2.72 bits per heavy atom. The Bertz CT molecular complexity index is 1060. The molecule has 1 heterocycles. The van der Waals surface area contributed by atoms with Crippen molar-refractivity contribution in [1.82, 2.24) is 9.97 Å². The van der Waals surface area contributed by atoms with Crippen molar-refractivity contribution in [1.29, 1.82) is 5.26 Å². The van der Waals surface area contributed by atoms with E-state index in [1.54, 1.807) is 55.7 Å². The molecule has 3 rings (SSSR count). The third-order valence-corrected chi connectivity index (χ3v) is 3.73. The van der Waals surface area contributed by atoms with Gasteiger partial charge in [-0.3, -0.25) is 4.79 Å². The summed E-state index contributed by atoms with van der Waals surface area (Å²) in [6, 6.07) is 14.3. The number of fused-ring (bicyclic) bond motifs is 1. The topological polar surface area (TPSA) is 88.0 Å². The van der Waals surface area contributed by atoms with E-state index >= 15 is 0 Å². The molecule has 6 nitrogen and oxygen atoms in total. The number of methoxy groups -OCH3 is 2. The molecule has 0 amide bonds. The highest BCUT2D eigenvalue weighted by molar-refractivity contribution is 5.90. The lowest BCUT2D eigenvalue weighted by molar-refractivity contribution is 0.394. The summed E-state index contributed by atoms with van der Waals surface area (Å²) in [7, 11) is 3.10. The highest BCUT2D eigenvalue weighted by Crippen LogP contribution is 2.27. The van der Waals surface area contributed by atoms with Gasteiger partial charge in [0.2, 0.25) is 0 Å². The predicted molar refractivity (Wildman–Crippen MR) is 95.4 cm³/mol. The van der Waals surface area contributed by atoms with Crippen molar-refractivity contribution in [3.8, 4) is 17.6 Å². The summed E-state index contributed by atoms with van der Waals surface area (Å²) in [4.78, 5) is 19.2. The highest BCUT2D eigenvalue weighted by atomic mass is 16.5. The van der Waals surface area contributed by atoms with Crippen LogP contribution in [0.25, 0.3) is 22.6 Å². The molecule has 0 aliphatic heterocycles. The van der Waals surface area contributed by atoms with Crippen molar-refractivity contribution in [2.24, 2.45) is 0 Å². The van der Waals surface area contributed by atoms with E-state index in [1.807, 2.05) is 0 Å². The molecule has 1 N–H and O–H groups in total. The molecule has 0 radical (unpaired) electrons. The molecule has 3 aromatic rings. The van der Waals surface area contributed by atoms with Gasteiger partial charge in [-0.05, 0) is 30.3 Å². The normalized spacial score (nSPS) is 11.2. The largest absolute Gasteiger partial charge is 0.497 e. The quantitative estimate of drug-likeness (QED) is 0.742. The second-order valence-corrected chi connectivity index (χ2v) is 5.21. The fourth-order valence-corrected chi connectivity index (χ4v) is 2.46. The van der Waals surface area contributed by atoms with Crippen LogP contribution in [0.1, 0.15) is 11.4 Å². The standard InChI is InChI=1S/C19H15N3O3/c1-24-14-8-7-12(17(10-14)25-2)9-13(11-20)18-21-16-6-4-3-5-15(16)19(23)22-18/h3-10H,1-2H3,(H,21,22,23). The summed E-state index contributed by atoms with van der Waals surface area (Å²) in [5, 5.41) is 10.00. The van der Waals surface area contributed by atoms with E-state index in [0.29, 0.717) is 28.0 Å². The SMILES string of the molecule is COc1ccc(C=C(C#N)c2nc3ccccc3c(=O)[nH]2)c(OC)c1. The van der Waals surface area contributed by atoms with Crippen molar-refractivity contribution in [2.75, 3.05) is 14.2 Å². The molecule has 0 unspecified atom stereocenters. The van der Waals surface area contributed by atoms with Crippen LogP contribution in [0, 0.1) is 11.3 Å². The molecule has 25 heavy (non-hydrogen) atoms. The van der Waals surface area contributed by atoms with Crippen LogP contribution in [0.3, 0.4) is 0 Å². The molecule has 0 bridgehead atoms. The minimum Gasteiger partial charge on any atom is -0.497 e. The molecule has 0 atom stereocenters. The number of ether oxygens (including phenoxy) is 2. The number of rotatable bonds is 4. The maximum absolute atomic E-state index is 12.2. The lowest BCUT2D eigenvalue weighted by atomic mass is 10.1. The van der Waals surface area contributed by atoms with Gasteiger partial charge >= 0.3 is 0 Å². The fourth-order valence-electron chi connectivity index (χ4n) is 2.46. The third-order valence-electron chi connectivity index (χ3n) is 3.73. The Balaban J connectivity index is 2.14. The van der Waals surface area contributed by atoms with Gasteiger partial charge in [0.1, 0.15) is 17.6 Å². The van der Waals surface area contributed by atoms with Crippen LogP contribution in [0.5, 0.6) is 11.5 Å². The van der Waals surface area contributed by atoms with Gasteiger partial charge in [0, 0.05) is 11.6 Å². The van der Waals surface area contributed by atoms with E-state index in [1.165, 1.54) is 7.11 Å². The molecule has 124 valence electrons. The second kappa shape index (κ2) is 6.89. The lowest BCUT2D eigenvalue weighted by Crippen LogP contribution is -2.11. The van der Waals surface area contributed by atoms with Crippen molar-refractivity contribution in [2.45, 2.75) is 0 Å². The van der Waals surface area contributed by atoms with Crippen LogP contribution < -0.4 is 15.0 Å². The van der Waals surface area contributed by atoms with Crippen LogP contribution >= 0.6 is 0 Å². The minimum absolute atomic E-state index is 0.212. The van der Waals surface area contributed by atoms with E-state index < -0.39 is 0 Å². The van der Waals surface area contributed by atoms with Crippen LogP contribution in [0.2, 0.25) is 0 Å². The Morgan fingerprint density at radius 1 is 1.20 bits per heavy atom. The summed E-state index contributed by atoms with van der Waals surface area (Å²) in [5.41, 5.74) is 1.15. The maximum Gasteiger partial charge on any atom is 0.259 e. The van der Waals surface area contributed by atoms with Crippen molar-refractivity contribution in [3.63, 3.8) is 0 Å². The van der Waals surface area contributed by atoms with Crippen LogP contribution in [-0.2, 0) is 0 Å². The number of para-hydroxylation sites is 1. The Hall–Kier alpha value is -3.59. The molecule has 0 aliphatic rings. The molecule has 0 fully saturated rings. The number of aromatic nitrogens is 2. The summed E-state index contributed by atoms with van der Waals surface area (Å²) >= 11 is 0. The van der Waals surface area contributed by atoms with Gasteiger partial charge in [0.15, 0.2) is 5.82 Å². The zero-order valence-electron chi connectivity index (χ0n) is 13.7. The monoisotopic (exact) mass is 333 g/mol. The van der Waals surface area contributed by atoms with Crippen LogP contribution in [-0.4, -0.2) is 24.2 Å². The summed E-state index contributed by atoms with van der Waals surface area (Å²) in [6.45, 7) is 0. The van der Waals surface area contributed by atoms with Gasteiger partial charge in [0.05, 0.1) is 30.7 Å². The first-order valence-electron chi connectivity index (χ1n) is 7.49. The van der Waals surface area contributed by atoms with E-state index in [-0.39, 0.29) is 17.0 Å². The number of benzene rings is 2. The smallest absolute Gasteiger partial charge is 0.259 e. The molecule has 0 spiro atoms. The first-order chi connectivity index (χ1) is 12.2. The zero-order valence-corrected chi connectivity index (χ0v) is 13.7. The van der Waals surface area contributed by atoms with E-state index in [4.69, 9.17) is 9.47 Å². The Labute approximate surface area is 144 Å². The predicted octanol–water partition coefficient (Wildman–Crippen LogP) is 3.00. The molecule has 0 aliphatic carbocycles. The number of nitrogens with one attached hydrogen (secondary N) is 1. The number of H-pyrrole nitrogens is 1. The average Bonchev–Trinajstić information content (AvgIpc) is 2.66. The van der Waals surface area contributed by atoms with Crippen molar-refractivity contribution < 1.29 is 9.47 Å². The number of aromatic amines is 1. The zero-order chi connectivity index (χ0) is 17.8. The first-order valence-corrected chi connectivity index (χ1v) is 7.49. The van der Waals surface area contributed by atoms with Gasteiger partial charge in [-0.2, -0.15) is 5.26 Å². The molecule has 6 heteroatoms. The number of nitrogens with zero attached hydrogens (tertiary/aromatic N) is 2. The number of hydrogen-bond acceptors (Lipinski definition) is 5. The Kier molecular flexibility index (Phi) is 4.48. The molecular weight excluding hydrogens is 318 g/mol. The van der Waals surface area contributed by atoms with Crippen molar-refractivity contribution >= 4 is 22.6 Å². The number of allylic oxidation sites excluding steroid dienone is 1. The van der Waals surface area contributed by atoms with Gasteiger partial charge in [-0.1, -0.05) is 12.1 Å². The minimum atomic E-state index is -0.288. The van der Waals surface area contributed by atoms with Gasteiger partial charge < -0.3 is 14.5 Å². The molecule has 1 aromatic heterocycles. The molecular formula is C19H15N3O3. The van der Waals surface area contributed by atoms with Gasteiger partial charge in [0.25, 0.3) is 5.56 Å². The summed E-state index contributed by atoms with van der Waals surface area (Å²) < 4.78 is 10.5. The van der Waals surface area contributed by atoms with Crippen LogP contribution in [0.4, 0.5) is 0 Å².